The zero-order valence-electron chi connectivity index (χ0n) is 19.9. The third-order valence-electron chi connectivity index (χ3n) is 6.06. The van der Waals surface area contributed by atoms with Crippen LogP contribution in [-0.2, 0) is 19.1 Å². The van der Waals surface area contributed by atoms with Crippen molar-refractivity contribution in [2.24, 2.45) is 0 Å². The summed E-state index contributed by atoms with van der Waals surface area (Å²) in [5.74, 6) is -0.464. The summed E-state index contributed by atoms with van der Waals surface area (Å²) >= 11 is 0. The molecule has 9 heteroatoms. The highest BCUT2D eigenvalue weighted by atomic mass is 16.5. The maximum atomic E-state index is 13.1. The van der Waals surface area contributed by atoms with E-state index < -0.39 is 12.0 Å². The number of methoxy groups -OCH3 is 1. The second-order valence-electron chi connectivity index (χ2n) is 8.22. The van der Waals surface area contributed by atoms with Crippen LogP contribution in [0.2, 0.25) is 0 Å². The van der Waals surface area contributed by atoms with Gasteiger partial charge in [0.15, 0.2) is 0 Å². The van der Waals surface area contributed by atoms with Crippen molar-refractivity contribution in [1.29, 1.82) is 0 Å². The molecule has 1 fully saturated rings. The first kappa shape index (κ1) is 24.7. The van der Waals surface area contributed by atoms with Gasteiger partial charge in [-0.15, -0.1) is 0 Å². The molecule has 1 aromatic rings. The monoisotopic (exact) mass is 458 g/mol. The Bertz CT molecular complexity index is 888. The summed E-state index contributed by atoms with van der Waals surface area (Å²) in [5.41, 5.74) is 1.93. The molecule has 0 aliphatic carbocycles. The number of nitrogens with one attached hydrogen (secondary N) is 1. The van der Waals surface area contributed by atoms with Crippen LogP contribution < -0.4 is 5.32 Å². The van der Waals surface area contributed by atoms with Crippen LogP contribution in [0.4, 0.5) is 4.79 Å². The van der Waals surface area contributed by atoms with Crippen molar-refractivity contribution in [3.05, 3.63) is 47.2 Å². The molecule has 1 N–H and O–H groups in total. The number of piperazine rings is 1. The number of nitrogens with zero attached hydrogens (tertiary/aromatic N) is 3. The standard InChI is InChI=1S/C24H34N4O5/c1-5-27-19(15-26-12-13-28(17(3)14-26)20(29)16-32-4)21(23(30)33-6-2)22(25-24(27)31)18-10-8-7-9-11-18/h7-11,17,22H,5-6,12-16H2,1-4H3,(H,25,31)/t17-,22+/m0/s1. The number of ether oxygens (including phenoxy) is 2. The Morgan fingerprint density at radius 2 is 1.88 bits per heavy atom. The van der Waals surface area contributed by atoms with Gasteiger partial charge in [-0.05, 0) is 26.3 Å². The summed E-state index contributed by atoms with van der Waals surface area (Å²) < 4.78 is 10.4. The summed E-state index contributed by atoms with van der Waals surface area (Å²) in [6, 6.07) is 8.62. The number of esters is 1. The van der Waals surface area contributed by atoms with Gasteiger partial charge in [-0.25, -0.2) is 9.59 Å². The maximum absolute atomic E-state index is 13.1. The predicted molar refractivity (Wildman–Crippen MR) is 123 cm³/mol. The fraction of sp³-hybridized carbons (Fsp3) is 0.542. The molecule has 0 saturated carbocycles. The van der Waals surface area contributed by atoms with E-state index >= 15 is 0 Å². The second-order valence-corrected chi connectivity index (χ2v) is 8.22. The smallest absolute Gasteiger partial charge is 0.338 e. The highest BCUT2D eigenvalue weighted by Gasteiger charge is 2.39. The zero-order valence-corrected chi connectivity index (χ0v) is 19.9. The van der Waals surface area contributed by atoms with E-state index in [1.165, 1.54) is 7.11 Å². The summed E-state index contributed by atoms with van der Waals surface area (Å²) in [7, 11) is 1.51. The van der Waals surface area contributed by atoms with Crippen molar-refractivity contribution in [2.75, 3.05) is 53.0 Å². The number of likely N-dealkylation sites (N-methyl/N-ethyl adjacent to an activating group) is 1. The molecule has 2 heterocycles. The Balaban J connectivity index is 1.94. The molecule has 2 aliphatic rings. The molecular formula is C24H34N4O5. The number of urea groups is 1. The van der Waals surface area contributed by atoms with Crippen LogP contribution in [-0.4, -0.2) is 91.7 Å². The molecule has 3 rings (SSSR count). The lowest BCUT2D eigenvalue weighted by Crippen LogP contribution is -2.57. The van der Waals surface area contributed by atoms with E-state index in [9.17, 15) is 14.4 Å². The average molecular weight is 459 g/mol. The lowest BCUT2D eigenvalue weighted by atomic mass is 9.94. The Hall–Kier alpha value is -2.91. The lowest BCUT2D eigenvalue weighted by Gasteiger charge is -2.42. The van der Waals surface area contributed by atoms with Crippen LogP contribution in [0.15, 0.2) is 41.6 Å². The minimum absolute atomic E-state index is 0.00884. The molecule has 33 heavy (non-hydrogen) atoms. The Labute approximate surface area is 195 Å². The van der Waals surface area contributed by atoms with Gasteiger partial charge in [-0.2, -0.15) is 0 Å². The first-order valence-corrected chi connectivity index (χ1v) is 11.4. The van der Waals surface area contributed by atoms with Crippen molar-refractivity contribution in [3.63, 3.8) is 0 Å². The van der Waals surface area contributed by atoms with E-state index in [4.69, 9.17) is 9.47 Å². The number of benzene rings is 1. The van der Waals surface area contributed by atoms with E-state index in [0.717, 1.165) is 5.56 Å². The number of carbonyl (C=O) groups is 3. The molecule has 2 aliphatic heterocycles. The van der Waals surface area contributed by atoms with Crippen molar-refractivity contribution in [3.8, 4) is 0 Å². The molecule has 1 saturated heterocycles. The van der Waals surface area contributed by atoms with Crippen molar-refractivity contribution in [1.82, 2.24) is 20.0 Å². The third kappa shape index (κ3) is 5.54. The molecule has 9 nitrogen and oxygen atoms in total. The summed E-state index contributed by atoms with van der Waals surface area (Å²) in [4.78, 5) is 44.1. The zero-order chi connectivity index (χ0) is 24.0. The largest absolute Gasteiger partial charge is 0.463 e. The Morgan fingerprint density at radius 3 is 2.48 bits per heavy atom. The fourth-order valence-corrected chi connectivity index (χ4v) is 4.52. The fourth-order valence-electron chi connectivity index (χ4n) is 4.52. The quantitative estimate of drug-likeness (QED) is 0.597. The van der Waals surface area contributed by atoms with E-state index in [0.29, 0.717) is 44.0 Å². The lowest BCUT2D eigenvalue weighted by molar-refractivity contribution is -0.139. The first-order valence-electron chi connectivity index (χ1n) is 11.4. The molecule has 180 valence electrons. The van der Waals surface area contributed by atoms with Crippen LogP contribution in [0, 0.1) is 0 Å². The maximum Gasteiger partial charge on any atom is 0.338 e. The summed E-state index contributed by atoms with van der Waals surface area (Å²) in [6.07, 6.45) is 0. The molecule has 1 aromatic carbocycles. The van der Waals surface area contributed by atoms with E-state index in [1.807, 2.05) is 49.1 Å². The minimum atomic E-state index is -0.586. The van der Waals surface area contributed by atoms with Gasteiger partial charge in [0.1, 0.15) is 6.61 Å². The Kier molecular flexibility index (Phi) is 8.46. The summed E-state index contributed by atoms with van der Waals surface area (Å²) in [6.45, 7) is 8.62. The molecule has 0 aromatic heterocycles. The van der Waals surface area contributed by atoms with Gasteiger partial charge in [-0.1, -0.05) is 30.3 Å². The molecule has 0 bridgehead atoms. The van der Waals surface area contributed by atoms with Gasteiger partial charge >= 0.3 is 12.0 Å². The van der Waals surface area contributed by atoms with Crippen LogP contribution in [0.3, 0.4) is 0 Å². The van der Waals surface area contributed by atoms with Gasteiger partial charge in [0.2, 0.25) is 5.91 Å². The molecular weight excluding hydrogens is 424 g/mol. The van der Waals surface area contributed by atoms with Gasteiger partial charge in [0.05, 0.1) is 18.2 Å². The van der Waals surface area contributed by atoms with Crippen LogP contribution in [0.25, 0.3) is 0 Å². The second kappa shape index (κ2) is 11.3. The van der Waals surface area contributed by atoms with E-state index in [1.54, 1.807) is 11.8 Å². The highest BCUT2D eigenvalue weighted by molar-refractivity contribution is 5.95. The number of carbonyl (C=O) groups excluding carboxylic acids is 3. The van der Waals surface area contributed by atoms with Gasteiger partial charge < -0.3 is 19.7 Å². The molecule has 0 spiro atoms. The number of hydrogen-bond acceptors (Lipinski definition) is 6. The predicted octanol–water partition coefficient (Wildman–Crippen LogP) is 1.77. The first-order chi connectivity index (χ1) is 15.9. The molecule has 3 amide bonds. The third-order valence-corrected chi connectivity index (χ3v) is 6.06. The Morgan fingerprint density at radius 1 is 1.15 bits per heavy atom. The minimum Gasteiger partial charge on any atom is -0.463 e. The van der Waals surface area contributed by atoms with Gasteiger partial charge in [0.25, 0.3) is 0 Å². The molecule has 2 atom stereocenters. The van der Waals surface area contributed by atoms with Crippen LogP contribution in [0.1, 0.15) is 32.4 Å². The molecule has 0 radical (unpaired) electrons. The van der Waals surface area contributed by atoms with Crippen LogP contribution >= 0.6 is 0 Å². The van der Waals surface area contributed by atoms with Crippen molar-refractivity contribution >= 4 is 17.9 Å². The number of rotatable bonds is 8. The van der Waals surface area contributed by atoms with Gasteiger partial charge in [-0.3, -0.25) is 14.6 Å². The van der Waals surface area contributed by atoms with Crippen molar-refractivity contribution in [2.45, 2.75) is 32.9 Å². The number of hydrogen-bond donors (Lipinski definition) is 1. The van der Waals surface area contributed by atoms with Crippen molar-refractivity contribution < 1.29 is 23.9 Å². The summed E-state index contributed by atoms with van der Waals surface area (Å²) in [5, 5.41) is 2.98. The van der Waals surface area contributed by atoms with Crippen LogP contribution in [0.5, 0.6) is 0 Å². The van der Waals surface area contributed by atoms with Gasteiger partial charge in [0, 0.05) is 51.6 Å². The van der Waals surface area contributed by atoms with E-state index in [2.05, 4.69) is 10.2 Å². The SMILES string of the molecule is CCOC(=O)C1=C(CN2CCN(C(=O)COC)[C@@H](C)C2)N(CC)C(=O)N[C@@H]1c1ccccc1. The average Bonchev–Trinajstić information content (AvgIpc) is 2.79. The normalized spacial score (nSPS) is 21.8. The topological polar surface area (TPSA) is 91.4 Å². The molecule has 0 unspecified atom stereocenters. The number of amides is 3. The highest BCUT2D eigenvalue weighted by Crippen LogP contribution is 2.32. The van der Waals surface area contributed by atoms with E-state index in [-0.39, 0.29) is 31.2 Å².